The number of Topliss-reactive ketones (excluding diaryl/α,β-unsaturated/α-hetero) is 1. The molecule has 0 aromatic carbocycles. The van der Waals surface area contributed by atoms with Crippen LogP contribution >= 0.6 is 0 Å². The number of ketones is 1. The van der Waals surface area contributed by atoms with Gasteiger partial charge >= 0.3 is 0 Å². The number of rotatable bonds is 6. The molecule has 0 amide bonds. The number of pyridine rings is 1. The van der Waals surface area contributed by atoms with Crippen molar-refractivity contribution in [2.75, 3.05) is 19.7 Å². The standard InChI is InChI=1S/C16H24N2O2/c1-3-6-16(7-5-8-17-12-16)15(19)13-9-14(20-4-2)11-18-10-13/h9-11,17H,3-8,12H2,1-2H3. The van der Waals surface area contributed by atoms with Gasteiger partial charge in [0.15, 0.2) is 5.78 Å². The Bertz CT molecular complexity index is 448. The minimum absolute atomic E-state index is 0.209. The van der Waals surface area contributed by atoms with E-state index in [9.17, 15) is 4.79 Å². The molecule has 1 N–H and O–H groups in total. The molecule has 0 aliphatic carbocycles. The van der Waals surface area contributed by atoms with Crippen LogP contribution in [0, 0.1) is 5.41 Å². The fourth-order valence-corrected chi connectivity index (χ4v) is 3.06. The minimum atomic E-state index is -0.264. The first kappa shape index (κ1) is 15.0. The predicted molar refractivity (Wildman–Crippen MR) is 79.2 cm³/mol. The molecule has 1 aromatic rings. The van der Waals surface area contributed by atoms with Gasteiger partial charge in [-0.25, -0.2) is 0 Å². The summed E-state index contributed by atoms with van der Waals surface area (Å²) in [7, 11) is 0. The number of aromatic nitrogens is 1. The van der Waals surface area contributed by atoms with Crippen molar-refractivity contribution in [1.29, 1.82) is 0 Å². The van der Waals surface area contributed by atoms with Gasteiger partial charge in [-0.1, -0.05) is 13.3 Å². The van der Waals surface area contributed by atoms with Crippen molar-refractivity contribution in [1.82, 2.24) is 10.3 Å². The summed E-state index contributed by atoms with van der Waals surface area (Å²) in [6.07, 6.45) is 7.29. The minimum Gasteiger partial charge on any atom is -0.492 e. The van der Waals surface area contributed by atoms with Crippen LogP contribution in [-0.2, 0) is 0 Å². The SMILES string of the molecule is CCCC1(C(=O)c2cncc(OCC)c2)CCCNC1. The van der Waals surface area contributed by atoms with E-state index in [1.54, 1.807) is 12.4 Å². The lowest BCUT2D eigenvalue weighted by atomic mass is 9.72. The Hall–Kier alpha value is -1.42. The summed E-state index contributed by atoms with van der Waals surface area (Å²) < 4.78 is 5.45. The second kappa shape index (κ2) is 6.84. The summed E-state index contributed by atoms with van der Waals surface area (Å²) in [4.78, 5) is 17.1. The Kier molecular flexibility index (Phi) is 5.12. The normalized spacial score (nSPS) is 22.5. The largest absolute Gasteiger partial charge is 0.492 e. The zero-order chi connectivity index (χ0) is 14.4. The third kappa shape index (κ3) is 3.18. The first-order valence-electron chi connectivity index (χ1n) is 7.55. The van der Waals surface area contributed by atoms with E-state index in [2.05, 4.69) is 17.2 Å². The first-order valence-corrected chi connectivity index (χ1v) is 7.55. The third-order valence-electron chi connectivity index (χ3n) is 3.97. The van der Waals surface area contributed by atoms with Gasteiger partial charge < -0.3 is 10.1 Å². The highest BCUT2D eigenvalue weighted by Crippen LogP contribution is 2.35. The van der Waals surface area contributed by atoms with Gasteiger partial charge in [-0.15, -0.1) is 0 Å². The number of ether oxygens (including phenoxy) is 1. The second-order valence-electron chi connectivity index (χ2n) is 5.48. The molecule has 1 fully saturated rings. The molecule has 1 unspecified atom stereocenters. The van der Waals surface area contributed by atoms with Crippen LogP contribution < -0.4 is 10.1 Å². The zero-order valence-electron chi connectivity index (χ0n) is 12.4. The molecule has 1 aromatic heterocycles. The van der Waals surface area contributed by atoms with Gasteiger partial charge in [-0.2, -0.15) is 0 Å². The van der Waals surface area contributed by atoms with E-state index in [0.29, 0.717) is 17.9 Å². The Morgan fingerprint density at radius 1 is 1.45 bits per heavy atom. The van der Waals surface area contributed by atoms with Crippen molar-refractivity contribution in [3.63, 3.8) is 0 Å². The molecule has 110 valence electrons. The molecule has 0 saturated carbocycles. The molecule has 20 heavy (non-hydrogen) atoms. The number of hydrogen-bond donors (Lipinski definition) is 1. The van der Waals surface area contributed by atoms with E-state index in [4.69, 9.17) is 4.74 Å². The average molecular weight is 276 g/mol. The fraction of sp³-hybridized carbons (Fsp3) is 0.625. The topological polar surface area (TPSA) is 51.2 Å². The van der Waals surface area contributed by atoms with Crippen LogP contribution in [0.2, 0.25) is 0 Å². The van der Waals surface area contributed by atoms with Crippen molar-refractivity contribution in [2.45, 2.75) is 39.5 Å². The summed E-state index contributed by atoms with van der Waals surface area (Å²) in [6, 6.07) is 1.82. The number of carbonyl (C=O) groups is 1. The summed E-state index contributed by atoms with van der Waals surface area (Å²) >= 11 is 0. The molecule has 2 heterocycles. The van der Waals surface area contributed by atoms with Gasteiger partial charge in [0, 0.05) is 23.7 Å². The molecule has 1 aliphatic heterocycles. The van der Waals surface area contributed by atoms with Crippen molar-refractivity contribution in [2.24, 2.45) is 5.41 Å². The molecular formula is C16H24N2O2. The van der Waals surface area contributed by atoms with Gasteiger partial charge in [0.1, 0.15) is 5.75 Å². The van der Waals surface area contributed by atoms with Crippen molar-refractivity contribution < 1.29 is 9.53 Å². The van der Waals surface area contributed by atoms with Crippen molar-refractivity contribution in [3.8, 4) is 5.75 Å². The maximum atomic E-state index is 12.9. The maximum Gasteiger partial charge on any atom is 0.171 e. The van der Waals surface area contributed by atoms with Gasteiger partial charge in [0.2, 0.25) is 0 Å². The lowest BCUT2D eigenvalue weighted by Crippen LogP contribution is -2.45. The average Bonchev–Trinajstić information content (AvgIpc) is 2.48. The molecule has 4 nitrogen and oxygen atoms in total. The van der Waals surface area contributed by atoms with E-state index in [-0.39, 0.29) is 11.2 Å². The van der Waals surface area contributed by atoms with E-state index in [1.807, 2.05) is 13.0 Å². The highest BCUT2D eigenvalue weighted by Gasteiger charge is 2.39. The van der Waals surface area contributed by atoms with Gasteiger partial charge in [0.25, 0.3) is 0 Å². The fourth-order valence-electron chi connectivity index (χ4n) is 3.06. The third-order valence-corrected chi connectivity index (χ3v) is 3.97. The number of carbonyl (C=O) groups excluding carboxylic acids is 1. The smallest absolute Gasteiger partial charge is 0.171 e. The molecule has 0 bridgehead atoms. The summed E-state index contributed by atoms with van der Waals surface area (Å²) in [5, 5.41) is 3.38. The van der Waals surface area contributed by atoms with Crippen molar-refractivity contribution >= 4 is 5.78 Å². The summed E-state index contributed by atoms with van der Waals surface area (Å²) in [5.74, 6) is 0.884. The monoisotopic (exact) mass is 276 g/mol. The predicted octanol–water partition coefficient (Wildman–Crippen LogP) is 2.83. The Balaban J connectivity index is 2.24. The van der Waals surface area contributed by atoms with Crippen LogP contribution in [-0.4, -0.2) is 30.5 Å². The number of nitrogens with one attached hydrogen (secondary N) is 1. The lowest BCUT2D eigenvalue weighted by molar-refractivity contribution is 0.0717. The summed E-state index contributed by atoms with van der Waals surface area (Å²) in [5.41, 5.74) is 0.410. The molecule has 0 spiro atoms. The molecule has 1 saturated heterocycles. The van der Waals surface area contributed by atoms with Crippen LogP contribution in [0.3, 0.4) is 0 Å². The number of hydrogen-bond acceptors (Lipinski definition) is 4. The Labute approximate surface area is 120 Å². The molecular weight excluding hydrogens is 252 g/mol. The molecule has 1 aliphatic rings. The quantitative estimate of drug-likeness (QED) is 0.812. The van der Waals surface area contributed by atoms with Crippen LogP contribution in [0.4, 0.5) is 0 Å². The van der Waals surface area contributed by atoms with Gasteiger partial charge in [-0.05, 0) is 38.8 Å². The lowest BCUT2D eigenvalue weighted by Gasteiger charge is -2.36. The number of nitrogens with zero attached hydrogens (tertiary/aromatic N) is 1. The highest BCUT2D eigenvalue weighted by molar-refractivity contribution is 6.00. The highest BCUT2D eigenvalue weighted by atomic mass is 16.5. The Morgan fingerprint density at radius 3 is 2.95 bits per heavy atom. The van der Waals surface area contributed by atoms with Crippen LogP contribution in [0.1, 0.15) is 49.9 Å². The van der Waals surface area contributed by atoms with Crippen molar-refractivity contribution in [3.05, 3.63) is 24.0 Å². The van der Waals surface area contributed by atoms with Gasteiger partial charge in [-0.3, -0.25) is 9.78 Å². The van der Waals surface area contributed by atoms with E-state index >= 15 is 0 Å². The Morgan fingerprint density at radius 2 is 2.30 bits per heavy atom. The second-order valence-corrected chi connectivity index (χ2v) is 5.48. The van der Waals surface area contributed by atoms with Gasteiger partial charge in [0.05, 0.1) is 12.8 Å². The molecule has 0 radical (unpaired) electrons. The van der Waals surface area contributed by atoms with E-state index in [1.165, 1.54) is 0 Å². The van der Waals surface area contributed by atoms with E-state index < -0.39 is 0 Å². The molecule has 2 rings (SSSR count). The number of piperidine rings is 1. The van der Waals surface area contributed by atoms with Crippen LogP contribution in [0.5, 0.6) is 5.75 Å². The summed E-state index contributed by atoms with van der Waals surface area (Å²) in [6.45, 7) is 6.44. The zero-order valence-corrected chi connectivity index (χ0v) is 12.4. The van der Waals surface area contributed by atoms with E-state index in [0.717, 1.165) is 38.8 Å². The van der Waals surface area contributed by atoms with Crippen LogP contribution in [0.15, 0.2) is 18.5 Å². The maximum absolute atomic E-state index is 12.9. The van der Waals surface area contributed by atoms with Crippen LogP contribution in [0.25, 0.3) is 0 Å². The molecule has 1 atom stereocenters. The first-order chi connectivity index (χ1) is 9.72. The molecule has 4 heteroatoms.